The van der Waals surface area contributed by atoms with Gasteiger partial charge in [-0.25, -0.2) is 9.07 Å². The number of hydrogen-bond donors (Lipinski definition) is 1. The topological polar surface area (TPSA) is 50.9 Å². The highest BCUT2D eigenvalue weighted by Gasteiger charge is 2.17. The predicted octanol–water partition coefficient (Wildman–Crippen LogP) is 2.23. The van der Waals surface area contributed by atoms with Crippen molar-refractivity contribution >= 4 is 0 Å². The molecular weight excluding hydrogens is 233 g/mol. The molecule has 96 valence electrons. The molecule has 0 aliphatic carbocycles. The molecule has 18 heavy (non-hydrogen) atoms. The lowest BCUT2D eigenvalue weighted by atomic mass is 10.1. The number of benzene rings is 1. The number of aromatic nitrogens is 3. The molecule has 0 radical (unpaired) electrons. The number of halogens is 1. The normalized spacial score (nSPS) is 11.2. The molecule has 0 aliphatic heterocycles. The van der Waals surface area contributed by atoms with Crippen molar-refractivity contribution in [2.24, 2.45) is 5.92 Å². The standard InChI is InChI=1S/C13H16FN3O/c1-9(2)7-17-13(12(8-18)15-16-17)10-5-3-4-6-11(10)14/h3-6,9,18H,7-8H2,1-2H3. The summed E-state index contributed by atoms with van der Waals surface area (Å²) >= 11 is 0. The van der Waals surface area contributed by atoms with Gasteiger partial charge in [-0.1, -0.05) is 31.2 Å². The Labute approximate surface area is 105 Å². The number of aliphatic hydroxyl groups excluding tert-OH is 1. The SMILES string of the molecule is CC(C)Cn1nnc(CO)c1-c1ccccc1F. The van der Waals surface area contributed by atoms with Gasteiger partial charge in [0.25, 0.3) is 0 Å². The molecule has 1 heterocycles. The van der Waals surface area contributed by atoms with E-state index in [9.17, 15) is 9.50 Å². The van der Waals surface area contributed by atoms with Crippen LogP contribution >= 0.6 is 0 Å². The van der Waals surface area contributed by atoms with Crippen LogP contribution in [0.2, 0.25) is 0 Å². The van der Waals surface area contributed by atoms with E-state index in [1.54, 1.807) is 22.9 Å². The minimum Gasteiger partial charge on any atom is -0.390 e. The van der Waals surface area contributed by atoms with Crippen molar-refractivity contribution < 1.29 is 9.50 Å². The summed E-state index contributed by atoms with van der Waals surface area (Å²) in [6, 6.07) is 6.45. The minimum absolute atomic E-state index is 0.248. The molecule has 2 aromatic rings. The third-order valence-corrected chi connectivity index (χ3v) is 2.62. The molecule has 0 saturated carbocycles. The lowest BCUT2D eigenvalue weighted by molar-refractivity contribution is 0.277. The zero-order valence-electron chi connectivity index (χ0n) is 10.5. The molecule has 0 bridgehead atoms. The second-order valence-electron chi connectivity index (χ2n) is 4.60. The van der Waals surface area contributed by atoms with E-state index in [0.717, 1.165) is 0 Å². The summed E-state index contributed by atoms with van der Waals surface area (Å²) in [5, 5.41) is 17.2. The summed E-state index contributed by atoms with van der Waals surface area (Å²) in [6.45, 7) is 4.48. The van der Waals surface area contributed by atoms with Crippen LogP contribution in [0.3, 0.4) is 0 Å². The van der Waals surface area contributed by atoms with Crippen LogP contribution in [0.25, 0.3) is 11.3 Å². The Morgan fingerprint density at radius 1 is 1.33 bits per heavy atom. The fraction of sp³-hybridized carbons (Fsp3) is 0.385. The second-order valence-corrected chi connectivity index (χ2v) is 4.60. The minimum atomic E-state index is -0.334. The van der Waals surface area contributed by atoms with E-state index in [1.807, 2.05) is 13.8 Å². The highest BCUT2D eigenvalue weighted by molar-refractivity contribution is 5.62. The van der Waals surface area contributed by atoms with E-state index in [-0.39, 0.29) is 12.4 Å². The molecule has 0 unspecified atom stereocenters. The van der Waals surface area contributed by atoms with Gasteiger partial charge in [0.05, 0.1) is 12.3 Å². The van der Waals surface area contributed by atoms with Crippen molar-refractivity contribution in [2.75, 3.05) is 0 Å². The summed E-state index contributed by atoms with van der Waals surface area (Å²) in [5.74, 6) is 0.0308. The van der Waals surface area contributed by atoms with Gasteiger partial charge in [-0.2, -0.15) is 0 Å². The predicted molar refractivity (Wildman–Crippen MR) is 66.2 cm³/mol. The lowest BCUT2D eigenvalue weighted by Crippen LogP contribution is -2.08. The Bertz CT molecular complexity index is 537. The van der Waals surface area contributed by atoms with Crippen molar-refractivity contribution in [2.45, 2.75) is 27.0 Å². The van der Waals surface area contributed by atoms with Gasteiger partial charge in [-0.15, -0.1) is 5.10 Å². The van der Waals surface area contributed by atoms with Crippen LogP contribution in [0.15, 0.2) is 24.3 Å². The van der Waals surface area contributed by atoms with Crippen molar-refractivity contribution in [1.82, 2.24) is 15.0 Å². The van der Waals surface area contributed by atoms with Gasteiger partial charge in [-0.05, 0) is 18.1 Å². The first-order valence-corrected chi connectivity index (χ1v) is 5.91. The summed E-state index contributed by atoms with van der Waals surface area (Å²) in [5.41, 5.74) is 1.39. The first-order valence-electron chi connectivity index (χ1n) is 5.91. The Kier molecular flexibility index (Phi) is 3.72. The smallest absolute Gasteiger partial charge is 0.132 e. The number of rotatable bonds is 4. The average molecular weight is 249 g/mol. The third kappa shape index (κ3) is 2.41. The van der Waals surface area contributed by atoms with Gasteiger partial charge in [-0.3, -0.25) is 0 Å². The Balaban J connectivity index is 2.54. The summed E-state index contributed by atoms with van der Waals surface area (Å²) in [4.78, 5) is 0. The molecule has 0 aliphatic rings. The van der Waals surface area contributed by atoms with Gasteiger partial charge in [0.15, 0.2) is 0 Å². The lowest BCUT2D eigenvalue weighted by Gasteiger charge is -2.10. The quantitative estimate of drug-likeness (QED) is 0.904. The van der Waals surface area contributed by atoms with E-state index in [2.05, 4.69) is 10.3 Å². The number of nitrogens with zero attached hydrogens (tertiary/aromatic N) is 3. The van der Waals surface area contributed by atoms with E-state index in [4.69, 9.17) is 0 Å². The maximum atomic E-state index is 13.8. The van der Waals surface area contributed by atoms with E-state index < -0.39 is 0 Å². The molecule has 0 saturated heterocycles. The maximum absolute atomic E-state index is 13.8. The molecule has 0 atom stereocenters. The van der Waals surface area contributed by atoms with Gasteiger partial charge >= 0.3 is 0 Å². The number of aliphatic hydroxyl groups is 1. The third-order valence-electron chi connectivity index (χ3n) is 2.62. The molecule has 1 aromatic heterocycles. The average Bonchev–Trinajstić information content (AvgIpc) is 2.72. The first kappa shape index (κ1) is 12.7. The molecule has 0 spiro atoms. The molecule has 1 aromatic carbocycles. The Morgan fingerprint density at radius 2 is 2.06 bits per heavy atom. The molecular formula is C13H16FN3O. The molecule has 0 fully saturated rings. The monoisotopic (exact) mass is 249 g/mol. The van der Waals surface area contributed by atoms with Gasteiger partial charge in [0.2, 0.25) is 0 Å². The van der Waals surface area contributed by atoms with Crippen LogP contribution < -0.4 is 0 Å². The highest BCUT2D eigenvalue weighted by Crippen LogP contribution is 2.25. The molecule has 1 N–H and O–H groups in total. The zero-order chi connectivity index (χ0) is 13.1. The molecule has 5 heteroatoms. The largest absolute Gasteiger partial charge is 0.390 e. The van der Waals surface area contributed by atoms with Crippen LogP contribution in [0.5, 0.6) is 0 Å². The zero-order valence-corrected chi connectivity index (χ0v) is 10.5. The fourth-order valence-corrected chi connectivity index (χ4v) is 1.88. The van der Waals surface area contributed by atoms with E-state index in [0.29, 0.717) is 29.4 Å². The molecule has 2 rings (SSSR count). The van der Waals surface area contributed by atoms with Crippen molar-refractivity contribution in [3.8, 4) is 11.3 Å². The van der Waals surface area contributed by atoms with E-state index in [1.165, 1.54) is 6.07 Å². The number of hydrogen-bond acceptors (Lipinski definition) is 3. The van der Waals surface area contributed by atoms with Crippen molar-refractivity contribution in [3.63, 3.8) is 0 Å². The van der Waals surface area contributed by atoms with Crippen LogP contribution in [-0.4, -0.2) is 20.1 Å². The van der Waals surface area contributed by atoms with Gasteiger partial charge in [0, 0.05) is 12.1 Å². The van der Waals surface area contributed by atoms with E-state index >= 15 is 0 Å². The Hall–Kier alpha value is -1.75. The van der Waals surface area contributed by atoms with Crippen LogP contribution in [0, 0.1) is 11.7 Å². The van der Waals surface area contributed by atoms with Gasteiger partial charge < -0.3 is 5.11 Å². The summed E-state index contributed by atoms with van der Waals surface area (Å²) in [7, 11) is 0. The highest BCUT2D eigenvalue weighted by atomic mass is 19.1. The van der Waals surface area contributed by atoms with Crippen molar-refractivity contribution in [1.29, 1.82) is 0 Å². The van der Waals surface area contributed by atoms with Gasteiger partial charge in [0.1, 0.15) is 11.5 Å². The molecule has 0 amide bonds. The van der Waals surface area contributed by atoms with Crippen LogP contribution in [0.1, 0.15) is 19.5 Å². The second kappa shape index (κ2) is 5.27. The molecule has 4 nitrogen and oxygen atoms in total. The first-order chi connectivity index (χ1) is 8.63. The van der Waals surface area contributed by atoms with Crippen LogP contribution in [-0.2, 0) is 13.2 Å². The summed E-state index contributed by atoms with van der Waals surface area (Å²) < 4.78 is 15.5. The fourth-order valence-electron chi connectivity index (χ4n) is 1.88. The Morgan fingerprint density at radius 3 is 2.67 bits per heavy atom. The maximum Gasteiger partial charge on any atom is 0.132 e. The van der Waals surface area contributed by atoms with Crippen LogP contribution in [0.4, 0.5) is 4.39 Å². The summed E-state index contributed by atoms with van der Waals surface area (Å²) in [6.07, 6.45) is 0. The van der Waals surface area contributed by atoms with Crippen molar-refractivity contribution in [3.05, 3.63) is 35.8 Å².